The van der Waals surface area contributed by atoms with Crippen molar-refractivity contribution >= 4 is 28.5 Å². The lowest BCUT2D eigenvalue weighted by molar-refractivity contribution is -0.142. The molecule has 1 heterocycles. The number of anilines is 1. The molecule has 14 heteroatoms. The lowest BCUT2D eigenvalue weighted by Crippen LogP contribution is -2.26. The zero-order chi connectivity index (χ0) is 31.7. The van der Waals surface area contributed by atoms with Gasteiger partial charge in [-0.25, -0.2) is 36.1 Å². The first kappa shape index (κ1) is 30.6. The average Bonchev–Trinajstić information content (AvgIpc) is 2.94. The number of aromatic carboxylic acids is 1. The molecular formula is C29H19F6N3O5. The highest BCUT2D eigenvalue weighted by Crippen LogP contribution is 2.40. The number of halogens is 6. The number of terminal acetylenes is 1. The number of H-pyrrole nitrogens is 1. The number of aryl methyl sites for hydroxylation is 1. The van der Waals surface area contributed by atoms with Crippen LogP contribution in [0.15, 0.2) is 29.1 Å². The highest BCUT2D eigenvalue weighted by molar-refractivity contribution is 5.93. The van der Waals surface area contributed by atoms with E-state index in [1.807, 2.05) is 0 Å². The van der Waals surface area contributed by atoms with Crippen LogP contribution in [0.5, 0.6) is 0 Å². The Morgan fingerprint density at radius 3 is 2.23 bits per heavy atom. The molecule has 0 aliphatic rings. The van der Waals surface area contributed by atoms with E-state index < -0.39 is 87.9 Å². The summed E-state index contributed by atoms with van der Waals surface area (Å²) in [6, 6.07) is 4.14. The molecule has 0 atom stereocenters. The van der Waals surface area contributed by atoms with Gasteiger partial charge in [0.25, 0.3) is 5.56 Å². The summed E-state index contributed by atoms with van der Waals surface area (Å²) in [5.41, 5.74) is -3.91. The maximum Gasteiger partial charge on any atom is 0.338 e. The van der Waals surface area contributed by atoms with E-state index in [-0.39, 0.29) is 28.9 Å². The Labute approximate surface area is 238 Å². The number of nitrogens with one attached hydrogen (secondary N) is 1. The maximum atomic E-state index is 15.8. The van der Waals surface area contributed by atoms with Crippen molar-refractivity contribution in [2.75, 3.05) is 11.4 Å². The third-order valence-corrected chi connectivity index (χ3v) is 6.41. The second-order valence-electron chi connectivity index (χ2n) is 9.22. The molecule has 0 amide bonds. The molecule has 0 aliphatic carbocycles. The molecule has 222 valence electrons. The van der Waals surface area contributed by atoms with Crippen LogP contribution >= 0.6 is 0 Å². The number of esters is 1. The average molecular weight is 603 g/mol. The number of hydrogen-bond acceptors (Lipinski definition) is 6. The molecule has 0 saturated heterocycles. The minimum absolute atomic E-state index is 0.0348. The van der Waals surface area contributed by atoms with Crippen molar-refractivity contribution < 1.29 is 45.8 Å². The predicted octanol–water partition coefficient (Wildman–Crippen LogP) is 5.13. The summed E-state index contributed by atoms with van der Waals surface area (Å²) in [7, 11) is 0. The molecule has 0 aliphatic heterocycles. The summed E-state index contributed by atoms with van der Waals surface area (Å²) in [6.45, 7) is 1.49. The number of aromatic nitrogens is 2. The van der Waals surface area contributed by atoms with Crippen molar-refractivity contribution in [2.45, 2.75) is 27.0 Å². The first-order chi connectivity index (χ1) is 20.3. The Morgan fingerprint density at radius 1 is 1.02 bits per heavy atom. The summed E-state index contributed by atoms with van der Waals surface area (Å²) >= 11 is 0. The number of hydrogen-bond donors (Lipinski definition) is 2. The van der Waals surface area contributed by atoms with Crippen LogP contribution in [0.2, 0.25) is 0 Å². The van der Waals surface area contributed by atoms with Crippen molar-refractivity contribution in [1.29, 1.82) is 0 Å². The first-order valence-corrected chi connectivity index (χ1v) is 12.2. The molecule has 0 fully saturated rings. The van der Waals surface area contributed by atoms with Crippen molar-refractivity contribution in [1.82, 2.24) is 9.97 Å². The Balaban J connectivity index is 1.93. The number of ether oxygens (including phenoxy) is 1. The number of carboxylic acid groups (broad SMARTS) is 1. The Bertz CT molecular complexity index is 1890. The van der Waals surface area contributed by atoms with E-state index >= 15 is 4.39 Å². The lowest BCUT2D eigenvalue weighted by atomic mass is 9.97. The summed E-state index contributed by atoms with van der Waals surface area (Å²) in [5, 5.41) is 9.52. The highest BCUT2D eigenvalue weighted by atomic mass is 19.2. The van der Waals surface area contributed by atoms with E-state index in [0.29, 0.717) is 17.7 Å². The lowest BCUT2D eigenvalue weighted by Gasteiger charge is -2.27. The fraction of sp³-hybridized carbons (Fsp3) is 0.172. The van der Waals surface area contributed by atoms with Crippen molar-refractivity contribution in [3.8, 4) is 23.5 Å². The van der Waals surface area contributed by atoms with Crippen LogP contribution in [-0.4, -0.2) is 33.6 Å². The predicted molar refractivity (Wildman–Crippen MR) is 141 cm³/mol. The fourth-order valence-electron chi connectivity index (χ4n) is 4.40. The first-order valence-electron chi connectivity index (χ1n) is 12.2. The molecule has 0 saturated carbocycles. The summed E-state index contributed by atoms with van der Waals surface area (Å²) in [4.78, 5) is 43.2. The molecule has 1 aromatic heterocycles. The standard InChI is InChI=1S/C29H19F6N3O5/c1-4-7-38(10-14-9-17-18(8-12(14)2)36-19(37-28(17)40)11-43-13(3)39)27-15(5-6-16(21(27)30)29(41)42)20-22(31)24(33)26(35)25(34)23(20)32/h1,5-6,8-9H,7,10-11H2,2-3H3,(H,41,42)(H,36,37,40). The Kier molecular flexibility index (Phi) is 8.47. The van der Waals surface area contributed by atoms with Crippen molar-refractivity contribution in [2.24, 2.45) is 0 Å². The summed E-state index contributed by atoms with van der Waals surface area (Å²) < 4.78 is 92.4. The van der Waals surface area contributed by atoms with Crippen LogP contribution in [0.1, 0.15) is 34.2 Å². The van der Waals surface area contributed by atoms with Gasteiger partial charge in [-0.05, 0) is 36.2 Å². The zero-order valence-corrected chi connectivity index (χ0v) is 22.3. The molecule has 0 spiro atoms. The third kappa shape index (κ3) is 5.74. The van der Waals surface area contributed by atoms with Gasteiger partial charge in [-0.1, -0.05) is 12.0 Å². The number of carboxylic acids is 1. The normalized spacial score (nSPS) is 11.0. The van der Waals surface area contributed by atoms with Gasteiger partial charge in [0, 0.05) is 19.0 Å². The molecule has 43 heavy (non-hydrogen) atoms. The number of fused-ring (bicyclic) bond motifs is 1. The third-order valence-electron chi connectivity index (χ3n) is 6.41. The maximum absolute atomic E-state index is 15.8. The van der Waals surface area contributed by atoms with Crippen LogP contribution < -0.4 is 10.5 Å². The monoisotopic (exact) mass is 603 g/mol. The number of nitrogens with zero attached hydrogens (tertiary/aromatic N) is 2. The molecule has 0 radical (unpaired) electrons. The number of carbonyl (C=O) groups is 2. The van der Waals surface area contributed by atoms with Gasteiger partial charge < -0.3 is 19.7 Å². The number of carbonyl (C=O) groups excluding carboxylic acids is 1. The van der Waals surface area contributed by atoms with Crippen molar-refractivity contribution in [3.05, 3.63) is 92.0 Å². The number of aromatic amines is 1. The van der Waals surface area contributed by atoms with Gasteiger partial charge in [0.05, 0.1) is 34.3 Å². The van der Waals surface area contributed by atoms with Crippen LogP contribution in [-0.2, 0) is 22.7 Å². The molecule has 4 rings (SSSR count). The molecule has 2 N–H and O–H groups in total. The van der Waals surface area contributed by atoms with Gasteiger partial charge in [-0.2, -0.15) is 0 Å². The van der Waals surface area contributed by atoms with E-state index in [9.17, 15) is 41.4 Å². The minimum Gasteiger partial charge on any atom is -0.478 e. The van der Waals surface area contributed by atoms with E-state index in [1.54, 1.807) is 6.92 Å². The van der Waals surface area contributed by atoms with Crippen LogP contribution in [0.4, 0.5) is 32.0 Å². The van der Waals surface area contributed by atoms with E-state index in [1.165, 1.54) is 19.1 Å². The molecule has 0 unspecified atom stereocenters. The number of benzene rings is 3. The molecule has 4 aromatic rings. The van der Waals surface area contributed by atoms with E-state index in [2.05, 4.69) is 15.9 Å². The van der Waals surface area contributed by atoms with Crippen molar-refractivity contribution in [3.63, 3.8) is 0 Å². The van der Waals surface area contributed by atoms with Gasteiger partial charge in [0.15, 0.2) is 29.1 Å². The topological polar surface area (TPSA) is 113 Å². The summed E-state index contributed by atoms with van der Waals surface area (Å²) in [5.74, 6) is -13.3. The van der Waals surface area contributed by atoms with Crippen LogP contribution in [0, 0.1) is 54.2 Å². The van der Waals surface area contributed by atoms with Gasteiger partial charge in [-0.3, -0.25) is 9.59 Å². The van der Waals surface area contributed by atoms with Crippen LogP contribution in [0.25, 0.3) is 22.0 Å². The van der Waals surface area contributed by atoms with Gasteiger partial charge >= 0.3 is 11.9 Å². The second-order valence-corrected chi connectivity index (χ2v) is 9.22. The molecule has 0 bridgehead atoms. The van der Waals surface area contributed by atoms with Gasteiger partial charge in [0.1, 0.15) is 12.4 Å². The Morgan fingerprint density at radius 2 is 1.65 bits per heavy atom. The smallest absolute Gasteiger partial charge is 0.338 e. The second kappa shape index (κ2) is 11.9. The molecule has 3 aromatic carbocycles. The highest BCUT2D eigenvalue weighted by Gasteiger charge is 2.31. The quantitative estimate of drug-likeness (QED) is 0.0944. The molecular weight excluding hydrogens is 584 g/mol. The fourth-order valence-corrected chi connectivity index (χ4v) is 4.40. The van der Waals surface area contributed by atoms with E-state index in [4.69, 9.17) is 11.2 Å². The molecule has 8 nitrogen and oxygen atoms in total. The SMILES string of the molecule is C#CCN(Cc1cc2c(=O)[nH]c(COC(C)=O)nc2cc1C)c1c(-c2c(F)c(F)c(F)c(F)c2F)ccc(C(=O)O)c1F. The Hall–Kier alpha value is -5.32. The largest absolute Gasteiger partial charge is 0.478 e. The van der Waals surface area contributed by atoms with Gasteiger partial charge in [-0.15, -0.1) is 6.42 Å². The van der Waals surface area contributed by atoms with Gasteiger partial charge in [0.2, 0.25) is 5.82 Å². The van der Waals surface area contributed by atoms with Crippen LogP contribution in [0.3, 0.4) is 0 Å². The van der Waals surface area contributed by atoms with E-state index in [0.717, 1.165) is 4.90 Å². The zero-order valence-electron chi connectivity index (χ0n) is 22.3. The summed E-state index contributed by atoms with van der Waals surface area (Å²) in [6.07, 6.45) is 5.46. The minimum atomic E-state index is -2.44. The number of rotatable bonds is 8.